The number of hydrogen-bond acceptors (Lipinski definition) is 3. The first-order chi connectivity index (χ1) is 9.51. The summed E-state index contributed by atoms with van der Waals surface area (Å²) in [5, 5.41) is 0. The molecule has 0 aliphatic rings. The standard InChI is InChI=1S/C14H11Br2NO2S/c1-18-9-3-5-13(11(16)7-9)19-12-4-2-8(14(17)20)6-10(12)15/h2-7H,1H3,(H2,17,20). The van der Waals surface area contributed by atoms with Crippen LogP contribution in [0.3, 0.4) is 0 Å². The van der Waals surface area contributed by atoms with Crippen molar-refractivity contribution in [2.45, 2.75) is 0 Å². The number of benzene rings is 2. The highest BCUT2D eigenvalue weighted by Gasteiger charge is 2.08. The Labute approximate surface area is 139 Å². The fourth-order valence-electron chi connectivity index (χ4n) is 1.55. The molecular formula is C14H11Br2NO2S. The molecule has 6 heteroatoms. The third-order valence-corrected chi connectivity index (χ3v) is 4.05. The Kier molecular flexibility index (Phi) is 5.01. The van der Waals surface area contributed by atoms with Crippen LogP contribution in [0.5, 0.6) is 17.2 Å². The van der Waals surface area contributed by atoms with Crippen molar-refractivity contribution >= 4 is 49.1 Å². The van der Waals surface area contributed by atoms with Gasteiger partial charge in [-0.3, -0.25) is 0 Å². The lowest BCUT2D eigenvalue weighted by atomic mass is 10.2. The molecule has 0 fully saturated rings. The summed E-state index contributed by atoms with van der Waals surface area (Å²) in [6.07, 6.45) is 0. The van der Waals surface area contributed by atoms with E-state index >= 15 is 0 Å². The van der Waals surface area contributed by atoms with Gasteiger partial charge in [-0.15, -0.1) is 0 Å². The van der Waals surface area contributed by atoms with Gasteiger partial charge in [0.25, 0.3) is 0 Å². The van der Waals surface area contributed by atoms with E-state index in [1.54, 1.807) is 7.11 Å². The van der Waals surface area contributed by atoms with Crippen LogP contribution in [0.2, 0.25) is 0 Å². The number of ether oxygens (including phenoxy) is 2. The maximum Gasteiger partial charge on any atom is 0.141 e. The van der Waals surface area contributed by atoms with Gasteiger partial charge in [0.1, 0.15) is 22.2 Å². The normalized spacial score (nSPS) is 10.2. The second kappa shape index (κ2) is 6.56. The van der Waals surface area contributed by atoms with Gasteiger partial charge in [-0.05, 0) is 68.3 Å². The van der Waals surface area contributed by atoms with Crippen LogP contribution in [-0.2, 0) is 0 Å². The second-order valence-electron chi connectivity index (χ2n) is 3.91. The van der Waals surface area contributed by atoms with Crippen molar-refractivity contribution in [1.82, 2.24) is 0 Å². The zero-order valence-electron chi connectivity index (χ0n) is 10.5. The Hall–Kier alpha value is -1.11. The first-order valence-electron chi connectivity index (χ1n) is 5.62. The Morgan fingerprint density at radius 1 is 1.05 bits per heavy atom. The summed E-state index contributed by atoms with van der Waals surface area (Å²) in [6, 6.07) is 11.0. The van der Waals surface area contributed by atoms with Crippen LogP contribution in [0.15, 0.2) is 45.3 Å². The van der Waals surface area contributed by atoms with Gasteiger partial charge in [-0.25, -0.2) is 0 Å². The summed E-state index contributed by atoms with van der Waals surface area (Å²) in [4.78, 5) is 0.350. The molecule has 2 rings (SSSR count). The van der Waals surface area contributed by atoms with E-state index in [2.05, 4.69) is 31.9 Å². The number of hydrogen-bond donors (Lipinski definition) is 1. The average molecular weight is 417 g/mol. The van der Waals surface area contributed by atoms with Crippen LogP contribution >= 0.6 is 44.1 Å². The van der Waals surface area contributed by atoms with Crippen LogP contribution in [-0.4, -0.2) is 12.1 Å². The molecule has 104 valence electrons. The lowest BCUT2D eigenvalue weighted by molar-refractivity contribution is 0.412. The van der Waals surface area contributed by atoms with Gasteiger partial charge in [-0.1, -0.05) is 12.2 Å². The first kappa shape index (κ1) is 15.3. The maximum atomic E-state index is 5.84. The van der Waals surface area contributed by atoms with E-state index in [1.807, 2.05) is 36.4 Å². The highest BCUT2D eigenvalue weighted by molar-refractivity contribution is 9.11. The lowest BCUT2D eigenvalue weighted by Crippen LogP contribution is -2.09. The Morgan fingerprint density at radius 2 is 1.65 bits per heavy atom. The summed E-state index contributed by atoms with van der Waals surface area (Å²) < 4.78 is 12.6. The molecule has 0 unspecified atom stereocenters. The van der Waals surface area contributed by atoms with Gasteiger partial charge in [0, 0.05) is 5.56 Å². The molecule has 0 atom stereocenters. The molecule has 0 saturated carbocycles. The van der Waals surface area contributed by atoms with E-state index < -0.39 is 0 Å². The highest BCUT2D eigenvalue weighted by atomic mass is 79.9. The van der Waals surface area contributed by atoms with Crippen LogP contribution in [0, 0.1) is 0 Å². The smallest absolute Gasteiger partial charge is 0.141 e. The van der Waals surface area contributed by atoms with E-state index in [9.17, 15) is 0 Å². The van der Waals surface area contributed by atoms with Crippen LogP contribution in [0.25, 0.3) is 0 Å². The number of rotatable bonds is 4. The van der Waals surface area contributed by atoms with Crippen molar-refractivity contribution in [3.8, 4) is 17.2 Å². The molecule has 2 N–H and O–H groups in total. The number of methoxy groups -OCH3 is 1. The van der Waals surface area contributed by atoms with Gasteiger partial charge in [0.15, 0.2) is 0 Å². The molecule has 0 heterocycles. The van der Waals surface area contributed by atoms with E-state index in [-0.39, 0.29) is 0 Å². The zero-order valence-corrected chi connectivity index (χ0v) is 14.5. The average Bonchev–Trinajstić information content (AvgIpc) is 2.42. The van der Waals surface area contributed by atoms with E-state index in [1.165, 1.54) is 0 Å². The first-order valence-corrected chi connectivity index (χ1v) is 7.61. The van der Waals surface area contributed by atoms with Gasteiger partial charge in [0.2, 0.25) is 0 Å². The van der Waals surface area contributed by atoms with Gasteiger partial charge in [0.05, 0.1) is 16.1 Å². The van der Waals surface area contributed by atoms with Crippen molar-refractivity contribution in [2.24, 2.45) is 5.73 Å². The molecule has 0 aliphatic heterocycles. The highest BCUT2D eigenvalue weighted by Crippen LogP contribution is 2.36. The van der Waals surface area contributed by atoms with E-state index in [0.717, 1.165) is 20.3 Å². The third-order valence-electron chi connectivity index (χ3n) is 2.58. The Balaban J connectivity index is 2.28. The van der Waals surface area contributed by atoms with Crippen LogP contribution < -0.4 is 15.2 Å². The molecule has 2 aromatic rings. The summed E-state index contributed by atoms with van der Waals surface area (Å²) >= 11 is 11.8. The van der Waals surface area contributed by atoms with Crippen molar-refractivity contribution < 1.29 is 9.47 Å². The van der Waals surface area contributed by atoms with Crippen molar-refractivity contribution in [2.75, 3.05) is 7.11 Å². The topological polar surface area (TPSA) is 44.5 Å². The summed E-state index contributed by atoms with van der Waals surface area (Å²) in [6.45, 7) is 0. The minimum atomic E-state index is 0.350. The van der Waals surface area contributed by atoms with Crippen LogP contribution in [0.4, 0.5) is 0 Å². The predicted molar refractivity (Wildman–Crippen MR) is 90.8 cm³/mol. The molecule has 0 spiro atoms. The maximum absolute atomic E-state index is 5.84. The van der Waals surface area contributed by atoms with Gasteiger partial charge in [-0.2, -0.15) is 0 Å². The van der Waals surface area contributed by atoms with Crippen molar-refractivity contribution in [3.63, 3.8) is 0 Å². The molecule has 0 saturated heterocycles. The molecule has 0 aliphatic carbocycles. The third kappa shape index (κ3) is 3.50. The van der Waals surface area contributed by atoms with Gasteiger partial charge >= 0.3 is 0 Å². The second-order valence-corrected chi connectivity index (χ2v) is 6.06. The molecule has 2 aromatic carbocycles. The fourth-order valence-corrected chi connectivity index (χ4v) is 2.57. The van der Waals surface area contributed by atoms with E-state index in [0.29, 0.717) is 16.5 Å². The van der Waals surface area contributed by atoms with Crippen molar-refractivity contribution in [1.29, 1.82) is 0 Å². The minimum Gasteiger partial charge on any atom is -0.497 e. The number of thiocarbonyl (C=S) groups is 1. The largest absolute Gasteiger partial charge is 0.497 e. The molecular weight excluding hydrogens is 406 g/mol. The minimum absolute atomic E-state index is 0.350. The molecule has 0 bridgehead atoms. The molecule has 20 heavy (non-hydrogen) atoms. The quantitative estimate of drug-likeness (QED) is 0.737. The van der Waals surface area contributed by atoms with Gasteiger partial charge < -0.3 is 15.2 Å². The molecule has 0 amide bonds. The SMILES string of the molecule is COc1ccc(Oc2ccc(C(N)=S)cc2Br)c(Br)c1. The lowest BCUT2D eigenvalue weighted by Gasteiger charge is -2.11. The number of halogens is 2. The van der Waals surface area contributed by atoms with Crippen LogP contribution in [0.1, 0.15) is 5.56 Å². The molecule has 0 aromatic heterocycles. The predicted octanol–water partition coefficient (Wildman–Crippen LogP) is 4.65. The monoisotopic (exact) mass is 415 g/mol. The van der Waals surface area contributed by atoms with E-state index in [4.69, 9.17) is 27.4 Å². The number of nitrogens with two attached hydrogens (primary N) is 1. The summed E-state index contributed by atoms with van der Waals surface area (Å²) in [7, 11) is 1.62. The molecule has 3 nitrogen and oxygen atoms in total. The Bertz CT molecular complexity index is 662. The summed E-state index contributed by atoms with van der Waals surface area (Å²) in [5.41, 5.74) is 6.37. The van der Waals surface area contributed by atoms with Crippen molar-refractivity contribution in [3.05, 3.63) is 50.9 Å². The Morgan fingerprint density at radius 3 is 2.15 bits per heavy atom. The fraction of sp³-hybridized carbons (Fsp3) is 0.0714. The zero-order chi connectivity index (χ0) is 14.7. The summed E-state index contributed by atoms with van der Waals surface area (Å²) in [5.74, 6) is 2.12. The molecule has 0 radical (unpaired) electrons.